The van der Waals surface area contributed by atoms with E-state index < -0.39 is 0 Å². The molecule has 3 heteroatoms. The Morgan fingerprint density at radius 2 is 1.79 bits per heavy atom. The summed E-state index contributed by atoms with van der Waals surface area (Å²) in [6.07, 6.45) is 0.778. The minimum absolute atomic E-state index is 0.0535. The van der Waals surface area contributed by atoms with Gasteiger partial charge in [0.05, 0.1) is 7.11 Å². The molecule has 2 aromatic rings. The molecule has 0 heterocycles. The van der Waals surface area contributed by atoms with Gasteiger partial charge in [0.2, 0.25) is 5.91 Å². The summed E-state index contributed by atoms with van der Waals surface area (Å²) in [5.74, 6) is 0.793. The summed E-state index contributed by atoms with van der Waals surface area (Å²) in [4.78, 5) is 11.2. The zero-order chi connectivity index (χ0) is 13.7. The van der Waals surface area contributed by atoms with Crippen molar-refractivity contribution in [3.8, 4) is 5.75 Å². The van der Waals surface area contributed by atoms with Crippen molar-refractivity contribution in [3.05, 3.63) is 59.7 Å². The second-order valence-electron chi connectivity index (χ2n) is 4.36. The molecule has 0 aromatic heterocycles. The smallest absolute Gasteiger partial charge is 0.221 e. The number of ether oxygens (including phenoxy) is 1. The molecular formula is C16H17NO2. The van der Waals surface area contributed by atoms with Crippen molar-refractivity contribution in [1.82, 2.24) is 0 Å². The second-order valence-corrected chi connectivity index (χ2v) is 4.36. The van der Waals surface area contributed by atoms with E-state index in [0.29, 0.717) is 0 Å². The molecule has 0 unspecified atom stereocenters. The number of carbonyl (C=O) groups excluding carboxylic acids is 1. The second kappa shape index (κ2) is 6.05. The summed E-state index contributed by atoms with van der Waals surface area (Å²) < 4.78 is 5.14. The first kappa shape index (κ1) is 13.1. The number of carbonyl (C=O) groups is 1. The van der Waals surface area contributed by atoms with E-state index in [0.717, 1.165) is 23.4 Å². The van der Waals surface area contributed by atoms with Crippen LogP contribution in [-0.4, -0.2) is 13.0 Å². The maximum atomic E-state index is 11.2. The Balaban J connectivity index is 2.19. The van der Waals surface area contributed by atoms with E-state index in [1.807, 2.05) is 48.5 Å². The highest BCUT2D eigenvalue weighted by molar-refractivity contribution is 5.89. The van der Waals surface area contributed by atoms with Gasteiger partial charge in [-0.1, -0.05) is 30.3 Å². The van der Waals surface area contributed by atoms with Gasteiger partial charge in [-0.25, -0.2) is 0 Å². The Morgan fingerprint density at radius 1 is 1.11 bits per heavy atom. The van der Waals surface area contributed by atoms with E-state index in [1.54, 1.807) is 7.11 Å². The van der Waals surface area contributed by atoms with Gasteiger partial charge in [-0.15, -0.1) is 0 Å². The Hall–Kier alpha value is -2.29. The van der Waals surface area contributed by atoms with Gasteiger partial charge in [0.15, 0.2) is 0 Å². The fourth-order valence-corrected chi connectivity index (χ4v) is 1.95. The normalized spacial score (nSPS) is 10.0. The molecule has 98 valence electrons. The van der Waals surface area contributed by atoms with E-state index in [2.05, 4.69) is 5.32 Å². The summed E-state index contributed by atoms with van der Waals surface area (Å²) in [7, 11) is 1.65. The molecule has 0 spiro atoms. The SMILES string of the molecule is COc1ccc(Cc2ccccc2NC(C)=O)cc1. The van der Waals surface area contributed by atoms with Crippen LogP contribution in [0.1, 0.15) is 18.1 Å². The van der Waals surface area contributed by atoms with Gasteiger partial charge in [-0.2, -0.15) is 0 Å². The predicted octanol–water partition coefficient (Wildman–Crippen LogP) is 3.24. The topological polar surface area (TPSA) is 38.3 Å². The summed E-state index contributed by atoms with van der Waals surface area (Å²) in [5, 5.41) is 2.85. The quantitative estimate of drug-likeness (QED) is 0.910. The van der Waals surface area contributed by atoms with E-state index in [1.165, 1.54) is 12.5 Å². The first-order valence-electron chi connectivity index (χ1n) is 6.17. The predicted molar refractivity (Wildman–Crippen MR) is 76.5 cm³/mol. The number of anilines is 1. The lowest BCUT2D eigenvalue weighted by Crippen LogP contribution is -2.08. The summed E-state index contributed by atoms with van der Waals surface area (Å²) in [6, 6.07) is 15.8. The maximum absolute atomic E-state index is 11.2. The third-order valence-corrected chi connectivity index (χ3v) is 2.88. The molecule has 0 saturated heterocycles. The number of hydrogen-bond donors (Lipinski definition) is 1. The lowest BCUT2D eigenvalue weighted by atomic mass is 10.0. The molecule has 0 aliphatic rings. The van der Waals surface area contributed by atoms with Crippen molar-refractivity contribution >= 4 is 11.6 Å². The fraction of sp³-hybridized carbons (Fsp3) is 0.188. The number of nitrogens with one attached hydrogen (secondary N) is 1. The monoisotopic (exact) mass is 255 g/mol. The van der Waals surface area contributed by atoms with E-state index in [-0.39, 0.29) is 5.91 Å². The fourth-order valence-electron chi connectivity index (χ4n) is 1.95. The standard InChI is InChI=1S/C16H17NO2/c1-12(18)17-16-6-4-3-5-14(16)11-13-7-9-15(19-2)10-8-13/h3-10H,11H2,1-2H3,(H,17,18). The number of methoxy groups -OCH3 is 1. The molecule has 0 fully saturated rings. The molecule has 0 bridgehead atoms. The van der Waals surface area contributed by atoms with Gasteiger partial charge < -0.3 is 10.1 Å². The molecule has 0 atom stereocenters. The zero-order valence-corrected chi connectivity index (χ0v) is 11.1. The van der Waals surface area contributed by atoms with Gasteiger partial charge in [-0.05, 0) is 35.7 Å². The van der Waals surface area contributed by atoms with Gasteiger partial charge in [-0.3, -0.25) is 4.79 Å². The van der Waals surface area contributed by atoms with E-state index in [4.69, 9.17) is 4.74 Å². The van der Waals surface area contributed by atoms with Crippen molar-refractivity contribution in [2.75, 3.05) is 12.4 Å². The first-order chi connectivity index (χ1) is 9.19. The average molecular weight is 255 g/mol. The molecule has 3 nitrogen and oxygen atoms in total. The number of benzene rings is 2. The van der Waals surface area contributed by atoms with Gasteiger partial charge >= 0.3 is 0 Å². The van der Waals surface area contributed by atoms with E-state index in [9.17, 15) is 4.79 Å². The van der Waals surface area contributed by atoms with Crippen LogP contribution in [0.25, 0.3) is 0 Å². The molecule has 1 amide bonds. The highest BCUT2D eigenvalue weighted by atomic mass is 16.5. The Labute approximate surface area is 113 Å². The largest absolute Gasteiger partial charge is 0.497 e. The van der Waals surface area contributed by atoms with Crippen LogP contribution in [0, 0.1) is 0 Å². The van der Waals surface area contributed by atoms with Crippen LogP contribution in [-0.2, 0) is 11.2 Å². The van der Waals surface area contributed by atoms with Crippen LogP contribution in [0.2, 0.25) is 0 Å². The minimum atomic E-state index is -0.0535. The van der Waals surface area contributed by atoms with Crippen molar-refractivity contribution in [3.63, 3.8) is 0 Å². The van der Waals surface area contributed by atoms with Gasteiger partial charge in [0, 0.05) is 12.6 Å². The van der Waals surface area contributed by atoms with Crippen molar-refractivity contribution in [2.24, 2.45) is 0 Å². The third kappa shape index (κ3) is 3.58. The molecule has 0 aliphatic heterocycles. The van der Waals surface area contributed by atoms with Crippen LogP contribution in [0.4, 0.5) is 5.69 Å². The highest BCUT2D eigenvalue weighted by Gasteiger charge is 2.04. The lowest BCUT2D eigenvalue weighted by Gasteiger charge is -2.10. The summed E-state index contributed by atoms with van der Waals surface area (Å²) in [5.41, 5.74) is 3.15. The average Bonchev–Trinajstić information content (AvgIpc) is 2.41. The van der Waals surface area contributed by atoms with Gasteiger partial charge in [0.25, 0.3) is 0 Å². The van der Waals surface area contributed by atoms with Crippen molar-refractivity contribution < 1.29 is 9.53 Å². The number of hydrogen-bond acceptors (Lipinski definition) is 2. The van der Waals surface area contributed by atoms with Crippen LogP contribution >= 0.6 is 0 Å². The van der Waals surface area contributed by atoms with Crippen molar-refractivity contribution in [2.45, 2.75) is 13.3 Å². The third-order valence-electron chi connectivity index (χ3n) is 2.88. The Kier molecular flexibility index (Phi) is 4.18. The summed E-state index contributed by atoms with van der Waals surface area (Å²) >= 11 is 0. The molecule has 19 heavy (non-hydrogen) atoms. The zero-order valence-electron chi connectivity index (χ0n) is 11.1. The minimum Gasteiger partial charge on any atom is -0.497 e. The Bertz CT molecular complexity index is 561. The molecule has 0 saturated carbocycles. The van der Waals surface area contributed by atoms with Crippen LogP contribution in [0.5, 0.6) is 5.75 Å². The Morgan fingerprint density at radius 3 is 2.42 bits per heavy atom. The lowest BCUT2D eigenvalue weighted by molar-refractivity contribution is -0.114. The first-order valence-corrected chi connectivity index (χ1v) is 6.17. The maximum Gasteiger partial charge on any atom is 0.221 e. The molecule has 2 rings (SSSR count). The molecule has 2 aromatic carbocycles. The highest BCUT2D eigenvalue weighted by Crippen LogP contribution is 2.20. The van der Waals surface area contributed by atoms with Gasteiger partial charge in [0.1, 0.15) is 5.75 Å². The van der Waals surface area contributed by atoms with E-state index >= 15 is 0 Å². The van der Waals surface area contributed by atoms with Crippen molar-refractivity contribution in [1.29, 1.82) is 0 Å². The van der Waals surface area contributed by atoms with Crippen LogP contribution in [0.3, 0.4) is 0 Å². The number of para-hydroxylation sites is 1. The molecular weight excluding hydrogens is 238 g/mol. The number of rotatable bonds is 4. The van der Waals surface area contributed by atoms with Crippen LogP contribution < -0.4 is 10.1 Å². The summed E-state index contributed by atoms with van der Waals surface area (Å²) in [6.45, 7) is 1.52. The molecule has 0 aliphatic carbocycles. The molecule has 0 radical (unpaired) electrons. The number of amides is 1. The molecule has 1 N–H and O–H groups in total. The van der Waals surface area contributed by atoms with Crippen LogP contribution in [0.15, 0.2) is 48.5 Å².